The second-order valence-electron chi connectivity index (χ2n) is 5.36. The summed E-state index contributed by atoms with van der Waals surface area (Å²) in [4.78, 5) is 0. The van der Waals surface area contributed by atoms with Crippen molar-refractivity contribution in [2.24, 2.45) is 5.73 Å². The Morgan fingerprint density at radius 1 is 1.22 bits per heavy atom. The summed E-state index contributed by atoms with van der Waals surface area (Å²) in [6, 6.07) is 6.15. The van der Waals surface area contributed by atoms with Gasteiger partial charge in [-0.1, -0.05) is 6.07 Å². The van der Waals surface area contributed by atoms with Crippen molar-refractivity contribution in [3.63, 3.8) is 0 Å². The fraction of sp³-hybridized carbons (Fsp3) is 0.600. The second kappa shape index (κ2) is 6.76. The Labute approximate surface area is 110 Å². The van der Waals surface area contributed by atoms with E-state index < -0.39 is 5.54 Å². The van der Waals surface area contributed by atoms with Gasteiger partial charge in [0.2, 0.25) is 0 Å². The molecule has 1 aromatic rings. The molecule has 0 fully saturated rings. The van der Waals surface area contributed by atoms with E-state index in [2.05, 4.69) is 26.0 Å². The lowest BCUT2D eigenvalue weighted by atomic mass is 9.97. The predicted molar refractivity (Wildman–Crippen MR) is 74.9 cm³/mol. The number of aliphatic hydroxyl groups is 1. The maximum absolute atomic E-state index is 9.03. The van der Waals surface area contributed by atoms with Gasteiger partial charge in [0.05, 0.1) is 13.2 Å². The second-order valence-corrected chi connectivity index (χ2v) is 5.36. The van der Waals surface area contributed by atoms with E-state index in [0.717, 1.165) is 25.0 Å². The van der Waals surface area contributed by atoms with E-state index in [9.17, 15) is 0 Å². The minimum atomic E-state index is -0.458. The maximum Gasteiger partial charge on any atom is 0.119 e. The van der Waals surface area contributed by atoms with Crippen LogP contribution in [0.15, 0.2) is 18.2 Å². The van der Waals surface area contributed by atoms with Crippen LogP contribution in [0.3, 0.4) is 0 Å². The molecule has 3 nitrogen and oxygen atoms in total. The van der Waals surface area contributed by atoms with Crippen LogP contribution in [-0.2, 0) is 0 Å². The third kappa shape index (κ3) is 5.07. The van der Waals surface area contributed by atoms with Crippen molar-refractivity contribution < 1.29 is 9.84 Å². The number of aryl methyl sites for hydroxylation is 2. The summed E-state index contributed by atoms with van der Waals surface area (Å²) in [5.41, 5.74) is 7.93. The average Bonchev–Trinajstić information content (AvgIpc) is 2.33. The Hall–Kier alpha value is -1.06. The van der Waals surface area contributed by atoms with Gasteiger partial charge >= 0.3 is 0 Å². The SMILES string of the molecule is Cc1ccc(OCCCCC(C)(N)CO)cc1C. The zero-order valence-corrected chi connectivity index (χ0v) is 11.7. The number of unbranched alkanes of at least 4 members (excludes halogenated alkanes) is 1. The van der Waals surface area contributed by atoms with Gasteiger partial charge in [0.25, 0.3) is 0 Å². The predicted octanol–water partition coefficient (Wildman–Crippen LogP) is 2.56. The zero-order chi connectivity index (χ0) is 13.6. The summed E-state index contributed by atoms with van der Waals surface area (Å²) in [6.45, 7) is 6.78. The van der Waals surface area contributed by atoms with Gasteiger partial charge in [-0.25, -0.2) is 0 Å². The molecule has 0 heterocycles. The molecule has 1 atom stereocenters. The van der Waals surface area contributed by atoms with Crippen LogP contribution in [0.5, 0.6) is 5.75 Å². The number of nitrogens with two attached hydrogens (primary N) is 1. The third-order valence-electron chi connectivity index (χ3n) is 3.25. The van der Waals surface area contributed by atoms with E-state index in [0.29, 0.717) is 6.61 Å². The first-order chi connectivity index (χ1) is 8.44. The van der Waals surface area contributed by atoms with Gasteiger partial charge in [0, 0.05) is 5.54 Å². The Balaban J connectivity index is 2.24. The molecular weight excluding hydrogens is 226 g/mol. The van der Waals surface area contributed by atoms with Crippen LogP contribution in [0.4, 0.5) is 0 Å². The molecule has 0 aliphatic heterocycles. The van der Waals surface area contributed by atoms with E-state index in [1.54, 1.807) is 0 Å². The van der Waals surface area contributed by atoms with Crippen LogP contribution in [0, 0.1) is 13.8 Å². The summed E-state index contributed by atoms with van der Waals surface area (Å²) < 4.78 is 5.69. The summed E-state index contributed by atoms with van der Waals surface area (Å²) in [5, 5.41) is 9.03. The molecular formula is C15H25NO2. The fourth-order valence-electron chi connectivity index (χ4n) is 1.70. The number of benzene rings is 1. The lowest BCUT2D eigenvalue weighted by Crippen LogP contribution is -2.39. The Morgan fingerprint density at radius 3 is 2.56 bits per heavy atom. The monoisotopic (exact) mass is 251 g/mol. The van der Waals surface area contributed by atoms with Crippen LogP contribution in [0.25, 0.3) is 0 Å². The molecule has 18 heavy (non-hydrogen) atoms. The minimum Gasteiger partial charge on any atom is -0.494 e. The highest BCUT2D eigenvalue weighted by molar-refractivity contribution is 5.33. The molecule has 0 amide bonds. The number of aliphatic hydroxyl groups excluding tert-OH is 1. The summed E-state index contributed by atoms with van der Waals surface area (Å²) in [5.74, 6) is 0.927. The van der Waals surface area contributed by atoms with E-state index in [1.165, 1.54) is 11.1 Å². The first-order valence-corrected chi connectivity index (χ1v) is 6.54. The van der Waals surface area contributed by atoms with Crippen molar-refractivity contribution in [1.82, 2.24) is 0 Å². The van der Waals surface area contributed by atoms with E-state index in [-0.39, 0.29) is 6.61 Å². The summed E-state index contributed by atoms with van der Waals surface area (Å²) in [6.07, 6.45) is 2.75. The molecule has 0 aliphatic carbocycles. The molecule has 102 valence electrons. The summed E-state index contributed by atoms with van der Waals surface area (Å²) in [7, 11) is 0. The molecule has 0 spiro atoms. The molecule has 3 heteroatoms. The van der Waals surface area contributed by atoms with Crippen molar-refractivity contribution in [3.8, 4) is 5.75 Å². The lowest BCUT2D eigenvalue weighted by Gasteiger charge is -2.21. The fourth-order valence-corrected chi connectivity index (χ4v) is 1.70. The average molecular weight is 251 g/mol. The Kier molecular flexibility index (Phi) is 5.63. The van der Waals surface area contributed by atoms with Crippen molar-refractivity contribution in [2.45, 2.75) is 45.6 Å². The molecule has 0 aromatic heterocycles. The van der Waals surface area contributed by atoms with Crippen molar-refractivity contribution in [2.75, 3.05) is 13.2 Å². The van der Waals surface area contributed by atoms with Crippen molar-refractivity contribution >= 4 is 0 Å². The van der Waals surface area contributed by atoms with Crippen LogP contribution in [0.1, 0.15) is 37.3 Å². The van der Waals surface area contributed by atoms with Gasteiger partial charge in [-0.3, -0.25) is 0 Å². The first kappa shape index (κ1) is 15.0. The Morgan fingerprint density at radius 2 is 1.94 bits per heavy atom. The number of ether oxygens (including phenoxy) is 1. The maximum atomic E-state index is 9.03. The highest BCUT2D eigenvalue weighted by Crippen LogP contribution is 2.17. The highest BCUT2D eigenvalue weighted by atomic mass is 16.5. The highest BCUT2D eigenvalue weighted by Gasteiger charge is 2.15. The van der Waals surface area contributed by atoms with Crippen LogP contribution in [0.2, 0.25) is 0 Å². The largest absolute Gasteiger partial charge is 0.494 e. The quantitative estimate of drug-likeness (QED) is 0.732. The van der Waals surface area contributed by atoms with Crippen LogP contribution < -0.4 is 10.5 Å². The number of hydrogen-bond donors (Lipinski definition) is 2. The van der Waals surface area contributed by atoms with Crippen molar-refractivity contribution in [1.29, 1.82) is 0 Å². The molecule has 0 aliphatic rings. The molecule has 1 aromatic carbocycles. The van der Waals surface area contributed by atoms with E-state index in [1.807, 2.05) is 13.0 Å². The molecule has 1 rings (SSSR count). The topological polar surface area (TPSA) is 55.5 Å². The van der Waals surface area contributed by atoms with Crippen LogP contribution in [-0.4, -0.2) is 23.9 Å². The summed E-state index contributed by atoms with van der Waals surface area (Å²) >= 11 is 0. The molecule has 1 unspecified atom stereocenters. The smallest absolute Gasteiger partial charge is 0.119 e. The normalized spacial score (nSPS) is 14.3. The van der Waals surface area contributed by atoms with E-state index in [4.69, 9.17) is 15.6 Å². The lowest BCUT2D eigenvalue weighted by molar-refractivity contribution is 0.194. The first-order valence-electron chi connectivity index (χ1n) is 6.54. The van der Waals surface area contributed by atoms with Gasteiger partial charge in [-0.15, -0.1) is 0 Å². The van der Waals surface area contributed by atoms with Gasteiger partial charge < -0.3 is 15.6 Å². The number of rotatable bonds is 7. The third-order valence-corrected chi connectivity index (χ3v) is 3.25. The molecule has 3 N–H and O–H groups in total. The van der Waals surface area contributed by atoms with Gasteiger partial charge in [0.15, 0.2) is 0 Å². The van der Waals surface area contributed by atoms with Crippen LogP contribution >= 0.6 is 0 Å². The molecule has 0 saturated carbocycles. The van der Waals surface area contributed by atoms with E-state index >= 15 is 0 Å². The molecule has 0 radical (unpaired) electrons. The zero-order valence-electron chi connectivity index (χ0n) is 11.7. The van der Waals surface area contributed by atoms with Gasteiger partial charge in [-0.2, -0.15) is 0 Å². The standard InChI is InChI=1S/C15H25NO2/c1-12-6-7-14(10-13(12)2)18-9-5-4-8-15(3,16)11-17/h6-7,10,17H,4-5,8-9,11,16H2,1-3H3. The molecule has 0 saturated heterocycles. The number of hydrogen-bond acceptors (Lipinski definition) is 3. The van der Waals surface area contributed by atoms with Gasteiger partial charge in [0.1, 0.15) is 5.75 Å². The molecule has 0 bridgehead atoms. The Bertz CT molecular complexity index is 375. The minimum absolute atomic E-state index is 0.0328. The van der Waals surface area contributed by atoms with Gasteiger partial charge in [-0.05, 0) is 63.3 Å². The van der Waals surface area contributed by atoms with Crippen molar-refractivity contribution in [3.05, 3.63) is 29.3 Å².